The smallest absolute Gasteiger partial charge is 0.145 e. The molecular weight excluding hydrogens is 199 g/mol. The minimum atomic E-state index is -1.23. The number of rotatable bonds is 1. The van der Waals surface area contributed by atoms with Gasteiger partial charge in [0.1, 0.15) is 11.4 Å². The first-order chi connectivity index (χ1) is 6.71. The van der Waals surface area contributed by atoms with Crippen LogP contribution < -0.4 is 0 Å². The molecule has 3 heteroatoms. The van der Waals surface area contributed by atoms with Crippen LogP contribution in [0.25, 0.3) is 0 Å². The summed E-state index contributed by atoms with van der Waals surface area (Å²) in [5.74, 6) is 1.70. The van der Waals surface area contributed by atoms with Gasteiger partial charge in [0.2, 0.25) is 0 Å². The SMILES string of the molecule is Oc1cccc(C2(F)CCCSC2)c1. The number of hydrogen-bond acceptors (Lipinski definition) is 2. The molecule has 1 aliphatic heterocycles. The Morgan fingerprint density at radius 2 is 2.29 bits per heavy atom. The molecule has 1 aromatic rings. The Labute approximate surface area is 87.3 Å². The molecule has 0 aliphatic carbocycles. The molecule has 76 valence electrons. The van der Waals surface area contributed by atoms with E-state index in [0.717, 1.165) is 12.2 Å². The van der Waals surface area contributed by atoms with E-state index in [0.29, 0.717) is 17.7 Å². The van der Waals surface area contributed by atoms with E-state index >= 15 is 0 Å². The van der Waals surface area contributed by atoms with Crippen molar-refractivity contribution in [1.82, 2.24) is 0 Å². The summed E-state index contributed by atoms with van der Waals surface area (Å²) in [5.41, 5.74) is -0.619. The Morgan fingerprint density at radius 1 is 1.43 bits per heavy atom. The van der Waals surface area contributed by atoms with Crippen molar-refractivity contribution in [2.45, 2.75) is 18.5 Å². The van der Waals surface area contributed by atoms with Crippen molar-refractivity contribution < 1.29 is 9.50 Å². The van der Waals surface area contributed by atoms with Gasteiger partial charge in [0.15, 0.2) is 0 Å². The molecule has 1 N–H and O–H groups in total. The van der Waals surface area contributed by atoms with Crippen LogP contribution in [0.4, 0.5) is 4.39 Å². The highest BCUT2D eigenvalue weighted by Gasteiger charge is 2.34. The second kappa shape index (κ2) is 3.81. The summed E-state index contributed by atoms with van der Waals surface area (Å²) < 4.78 is 14.4. The summed E-state index contributed by atoms with van der Waals surface area (Å²) in [4.78, 5) is 0. The maximum atomic E-state index is 14.4. The van der Waals surface area contributed by atoms with E-state index in [1.54, 1.807) is 30.0 Å². The van der Waals surface area contributed by atoms with Crippen LogP contribution in [-0.2, 0) is 5.67 Å². The second-order valence-corrected chi connectivity index (χ2v) is 4.78. The lowest BCUT2D eigenvalue weighted by molar-refractivity contribution is 0.177. The van der Waals surface area contributed by atoms with E-state index in [4.69, 9.17) is 0 Å². The number of alkyl halides is 1. The summed E-state index contributed by atoms with van der Waals surface area (Å²) in [6.07, 6.45) is 1.49. The number of hydrogen-bond donors (Lipinski definition) is 1. The quantitative estimate of drug-likeness (QED) is 0.772. The highest BCUT2D eigenvalue weighted by molar-refractivity contribution is 7.99. The summed E-state index contributed by atoms with van der Waals surface area (Å²) in [6.45, 7) is 0. The van der Waals surface area contributed by atoms with Crippen LogP contribution >= 0.6 is 11.8 Å². The van der Waals surface area contributed by atoms with E-state index < -0.39 is 5.67 Å². The first-order valence-electron chi connectivity index (χ1n) is 4.77. The third kappa shape index (κ3) is 1.87. The monoisotopic (exact) mass is 212 g/mol. The van der Waals surface area contributed by atoms with Crippen LogP contribution in [0.2, 0.25) is 0 Å². The van der Waals surface area contributed by atoms with Crippen LogP contribution in [0, 0.1) is 0 Å². The van der Waals surface area contributed by atoms with E-state index in [1.165, 1.54) is 6.07 Å². The van der Waals surface area contributed by atoms with Crippen molar-refractivity contribution in [2.24, 2.45) is 0 Å². The van der Waals surface area contributed by atoms with Crippen molar-refractivity contribution in [2.75, 3.05) is 11.5 Å². The third-order valence-electron chi connectivity index (χ3n) is 2.56. The number of phenols is 1. The zero-order valence-electron chi connectivity index (χ0n) is 7.87. The maximum absolute atomic E-state index is 14.4. The van der Waals surface area contributed by atoms with Gasteiger partial charge < -0.3 is 5.11 Å². The van der Waals surface area contributed by atoms with Gasteiger partial charge >= 0.3 is 0 Å². The Balaban J connectivity index is 2.28. The van der Waals surface area contributed by atoms with Crippen LogP contribution in [0.15, 0.2) is 24.3 Å². The molecule has 0 amide bonds. The molecule has 1 aromatic carbocycles. The highest BCUT2D eigenvalue weighted by Crippen LogP contribution is 2.39. The van der Waals surface area contributed by atoms with Gasteiger partial charge in [0.05, 0.1) is 0 Å². The molecular formula is C11H13FOS. The number of benzene rings is 1. The van der Waals surface area contributed by atoms with E-state index in [1.807, 2.05) is 0 Å². The molecule has 1 saturated heterocycles. The fraction of sp³-hybridized carbons (Fsp3) is 0.455. The second-order valence-electron chi connectivity index (χ2n) is 3.67. The summed E-state index contributed by atoms with van der Waals surface area (Å²) in [5, 5.41) is 9.28. The predicted octanol–water partition coefficient (Wildman–Crippen LogP) is 3.08. The molecule has 1 fully saturated rings. The largest absolute Gasteiger partial charge is 0.508 e. The van der Waals surface area contributed by atoms with Gasteiger partial charge in [0.25, 0.3) is 0 Å². The van der Waals surface area contributed by atoms with Gasteiger partial charge in [-0.3, -0.25) is 0 Å². The van der Waals surface area contributed by atoms with Crippen molar-refractivity contribution in [3.8, 4) is 5.75 Å². The van der Waals surface area contributed by atoms with Crippen molar-refractivity contribution >= 4 is 11.8 Å². The maximum Gasteiger partial charge on any atom is 0.145 e. The lowest BCUT2D eigenvalue weighted by Gasteiger charge is -2.29. The third-order valence-corrected chi connectivity index (χ3v) is 3.80. The Morgan fingerprint density at radius 3 is 2.93 bits per heavy atom. The summed E-state index contributed by atoms with van der Waals surface area (Å²) >= 11 is 1.65. The fourth-order valence-electron chi connectivity index (χ4n) is 1.77. The number of aromatic hydroxyl groups is 1. The molecule has 0 bridgehead atoms. The molecule has 1 heterocycles. The Bertz CT molecular complexity index is 321. The zero-order chi connectivity index (χ0) is 10.0. The molecule has 0 aromatic heterocycles. The molecule has 0 radical (unpaired) electrons. The van der Waals surface area contributed by atoms with Crippen molar-refractivity contribution in [3.63, 3.8) is 0 Å². The topological polar surface area (TPSA) is 20.2 Å². The van der Waals surface area contributed by atoms with Gasteiger partial charge in [-0.15, -0.1) is 0 Å². The Kier molecular flexibility index (Phi) is 2.68. The Hall–Kier alpha value is -0.700. The average molecular weight is 212 g/mol. The van der Waals surface area contributed by atoms with Gasteiger partial charge in [-0.1, -0.05) is 12.1 Å². The fourth-order valence-corrected chi connectivity index (χ4v) is 2.90. The summed E-state index contributed by atoms with van der Waals surface area (Å²) in [6, 6.07) is 6.56. The van der Waals surface area contributed by atoms with Crippen molar-refractivity contribution in [1.29, 1.82) is 0 Å². The minimum absolute atomic E-state index is 0.148. The molecule has 0 spiro atoms. The highest BCUT2D eigenvalue weighted by atomic mass is 32.2. The lowest BCUT2D eigenvalue weighted by Crippen LogP contribution is -2.26. The van der Waals surface area contributed by atoms with Crippen LogP contribution in [-0.4, -0.2) is 16.6 Å². The molecule has 14 heavy (non-hydrogen) atoms. The zero-order valence-corrected chi connectivity index (χ0v) is 8.69. The molecule has 1 unspecified atom stereocenters. The van der Waals surface area contributed by atoms with Gasteiger partial charge in [-0.05, 0) is 36.3 Å². The molecule has 1 atom stereocenters. The standard InChI is InChI=1S/C11H13FOS/c12-11(5-2-6-14-8-11)9-3-1-4-10(13)7-9/h1,3-4,7,13H,2,5-6,8H2. The van der Waals surface area contributed by atoms with E-state index in [-0.39, 0.29) is 5.75 Å². The van der Waals surface area contributed by atoms with Gasteiger partial charge in [-0.25, -0.2) is 4.39 Å². The number of thioether (sulfide) groups is 1. The van der Waals surface area contributed by atoms with Gasteiger partial charge in [0, 0.05) is 5.75 Å². The predicted molar refractivity (Wildman–Crippen MR) is 57.5 cm³/mol. The van der Waals surface area contributed by atoms with Crippen molar-refractivity contribution in [3.05, 3.63) is 29.8 Å². The first kappa shape index (κ1) is 9.84. The lowest BCUT2D eigenvalue weighted by atomic mass is 9.92. The van der Waals surface area contributed by atoms with Crippen LogP contribution in [0.5, 0.6) is 5.75 Å². The van der Waals surface area contributed by atoms with Crippen LogP contribution in [0.1, 0.15) is 18.4 Å². The number of phenolic OH excluding ortho intramolecular Hbond substituents is 1. The first-order valence-corrected chi connectivity index (χ1v) is 5.92. The van der Waals surface area contributed by atoms with E-state index in [2.05, 4.69) is 0 Å². The molecule has 0 saturated carbocycles. The molecule has 1 aliphatic rings. The molecule has 1 nitrogen and oxygen atoms in total. The van der Waals surface area contributed by atoms with Gasteiger partial charge in [-0.2, -0.15) is 11.8 Å². The van der Waals surface area contributed by atoms with E-state index in [9.17, 15) is 9.50 Å². The minimum Gasteiger partial charge on any atom is -0.508 e. The summed E-state index contributed by atoms with van der Waals surface area (Å²) in [7, 11) is 0. The number of halogens is 1. The normalized spacial score (nSPS) is 27.5. The average Bonchev–Trinajstić information content (AvgIpc) is 2.19. The van der Waals surface area contributed by atoms with Crippen LogP contribution in [0.3, 0.4) is 0 Å². The molecule has 2 rings (SSSR count).